The minimum absolute atomic E-state index is 0.0132. The lowest BCUT2D eigenvalue weighted by atomic mass is 9.43. The van der Waals surface area contributed by atoms with Crippen molar-refractivity contribution in [3.63, 3.8) is 0 Å². The van der Waals surface area contributed by atoms with Crippen LogP contribution in [0.2, 0.25) is 0 Å². The van der Waals surface area contributed by atoms with Crippen LogP contribution in [0.1, 0.15) is 92.9 Å². The van der Waals surface area contributed by atoms with Gasteiger partial charge < -0.3 is 24.8 Å². The van der Waals surface area contributed by atoms with Crippen molar-refractivity contribution in [2.45, 2.75) is 128 Å². The van der Waals surface area contributed by atoms with Crippen molar-refractivity contribution in [3.05, 3.63) is 0 Å². The van der Waals surface area contributed by atoms with E-state index in [4.69, 9.17) is 9.47 Å². The van der Waals surface area contributed by atoms with Crippen LogP contribution < -0.4 is 0 Å². The van der Waals surface area contributed by atoms with Crippen LogP contribution in [-0.4, -0.2) is 50.6 Å². The molecular weight excluding hydrogens is 416 g/mol. The molecule has 6 rings (SSSR count). The smallest absolute Gasteiger partial charge is 0.198 e. The average molecular weight is 463 g/mol. The molecule has 0 aromatic carbocycles. The molecule has 5 heteroatoms. The summed E-state index contributed by atoms with van der Waals surface area (Å²) >= 11 is 0. The maximum absolute atomic E-state index is 12.2. The number of aliphatic hydroxyl groups excluding tert-OH is 2. The second-order valence-corrected chi connectivity index (χ2v) is 14.4. The van der Waals surface area contributed by atoms with Crippen LogP contribution >= 0.6 is 0 Å². The molecule has 6 aliphatic rings. The van der Waals surface area contributed by atoms with Crippen LogP contribution in [0.3, 0.4) is 0 Å². The molecular formula is C28H46O5. The highest BCUT2D eigenvalue weighted by atomic mass is 16.7. The summed E-state index contributed by atoms with van der Waals surface area (Å²) in [5.74, 6) is 1.08. The Balaban J connectivity index is 1.34. The summed E-state index contributed by atoms with van der Waals surface area (Å²) in [5, 5.41) is 34.2. The van der Waals surface area contributed by atoms with Crippen molar-refractivity contribution in [1.82, 2.24) is 0 Å². The van der Waals surface area contributed by atoms with E-state index < -0.39 is 11.4 Å². The molecule has 5 nitrogen and oxygen atoms in total. The van der Waals surface area contributed by atoms with Crippen LogP contribution in [0.4, 0.5) is 0 Å². The Bertz CT molecular complexity index is 825. The van der Waals surface area contributed by atoms with Gasteiger partial charge in [0.2, 0.25) is 0 Å². The molecule has 2 saturated heterocycles. The maximum Gasteiger partial charge on any atom is 0.198 e. The third-order valence-electron chi connectivity index (χ3n) is 12.5. The predicted molar refractivity (Wildman–Crippen MR) is 125 cm³/mol. The fourth-order valence-corrected chi connectivity index (χ4v) is 10.7. The Hall–Kier alpha value is -0.200. The van der Waals surface area contributed by atoms with Gasteiger partial charge in [-0.15, -0.1) is 0 Å². The average Bonchev–Trinajstić information content (AvgIpc) is 3.20. The second kappa shape index (κ2) is 6.76. The zero-order valence-corrected chi connectivity index (χ0v) is 21.5. The van der Waals surface area contributed by atoms with Gasteiger partial charge in [-0.2, -0.15) is 0 Å². The van der Waals surface area contributed by atoms with Crippen LogP contribution in [0, 0.1) is 46.3 Å². The van der Waals surface area contributed by atoms with Crippen molar-refractivity contribution in [1.29, 1.82) is 0 Å². The summed E-state index contributed by atoms with van der Waals surface area (Å²) in [6.07, 6.45) is 6.94. The Kier molecular flexibility index (Phi) is 4.76. The van der Waals surface area contributed by atoms with E-state index in [1.165, 1.54) is 0 Å². The van der Waals surface area contributed by atoms with Crippen molar-refractivity contribution in [2.75, 3.05) is 0 Å². The zero-order chi connectivity index (χ0) is 23.8. The molecule has 2 heterocycles. The van der Waals surface area contributed by atoms with Gasteiger partial charge >= 0.3 is 0 Å². The molecule has 0 radical (unpaired) electrons. The van der Waals surface area contributed by atoms with E-state index in [0.717, 1.165) is 51.4 Å². The minimum Gasteiger partial charge on any atom is -0.393 e. The first-order chi connectivity index (χ1) is 15.3. The first kappa shape index (κ1) is 23.2. The summed E-state index contributed by atoms with van der Waals surface area (Å²) in [4.78, 5) is 0. The molecule has 6 fully saturated rings. The summed E-state index contributed by atoms with van der Waals surface area (Å²) in [7, 11) is 0. The monoisotopic (exact) mass is 462 g/mol. The van der Waals surface area contributed by atoms with Gasteiger partial charge in [0, 0.05) is 12.3 Å². The number of fused-ring (bicyclic) bond motifs is 7. The first-order valence-electron chi connectivity index (χ1n) is 13.7. The lowest BCUT2D eigenvalue weighted by Crippen LogP contribution is -2.62. The lowest BCUT2D eigenvalue weighted by Gasteiger charge is -2.63. The van der Waals surface area contributed by atoms with Gasteiger partial charge in [0.25, 0.3) is 0 Å². The number of hydrogen-bond acceptors (Lipinski definition) is 5. The standard InChI is InChI=1S/C28H46O5/c1-15-13-28(33-24(15,2)3)27(6,31)23-21(32-28)12-19-18-8-7-16-11-17(29)9-10-25(16,4)22(18)20(30)14-26(19,23)5/h15-23,29-31H,7-14H2,1-6H3/t15-,16?,17+,18?,19?,20?,21-,22?,23?,25-,26-,27?,28?/m0/s1. The topological polar surface area (TPSA) is 79.2 Å². The van der Waals surface area contributed by atoms with Crippen molar-refractivity contribution in [2.24, 2.45) is 46.3 Å². The molecule has 0 amide bonds. The SMILES string of the molecule is C[C@H]1CC2(O[C@H]3CC4C5CCC6C[C@H](O)CC[C@]6(C)C5C(O)C[C@]4(C)C3C2(C)O)OC1(C)C. The third kappa shape index (κ3) is 2.78. The third-order valence-corrected chi connectivity index (χ3v) is 12.5. The molecule has 0 aromatic rings. The van der Waals surface area contributed by atoms with Crippen LogP contribution in [0.15, 0.2) is 0 Å². The molecule has 3 N–H and O–H groups in total. The molecule has 1 spiro atoms. The Morgan fingerprint density at radius 3 is 2.27 bits per heavy atom. The highest BCUT2D eigenvalue weighted by Gasteiger charge is 2.77. The van der Waals surface area contributed by atoms with Gasteiger partial charge in [0.15, 0.2) is 5.79 Å². The van der Waals surface area contributed by atoms with E-state index in [-0.39, 0.29) is 40.7 Å². The Labute approximate surface area is 199 Å². The fourth-order valence-electron chi connectivity index (χ4n) is 10.7. The Morgan fingerprint density at radius 1 is 0.879 bits per heavy atom. The van der Waals surface area contributed by atoms with Crippen molar-refractivity contribution in [3.8, 4) is 0 Å². The fraction of sp³-hybridized carbons (Fsp3) is 1.00. The summed E-state index contributed by atoms with van der Waals surface area (Å²) in [6, 6.07) is 0. The van der Waals surface area contributed by atoms with Crippen LogP contribution in [-0.2, 0) is 9.47 Å². The molecule has 8 unspecified atom stereocenters. The normalized spacial score (nSPS) is 63.7. The molecule has 4 aliphatic carbocycles. The number of aliphatic hydroxyl groups is 3. The maximum atomic E-state index is 12.2. The van der Waals surface area contributed by atoms with E-state index in [0.29, 0.717) is 29.6 Å². The summed E-state index contributed by atoms with van der Waals surface area (Å²) in [6.45, 7) is 13.1. The Morgan fingerprint density at radius 2 is 1.61 bits per heavy atom. The van der Waals surface area contributed by atoms with Gasteiger partial charge in [-0.25, -0.2) is 0 Å². The molecule has 2 aliphatic heterocycles. The van der Waals surface area contributed by atoms with E-state index in [9.17, 15) is 15.3 Å². The van der Waals surface area contributed by atoms with Gasteiger partial charge in [-0.3, -0.25) is 0 Å². The zero-order valence-electron chi connectivity index (χ0n) is 21.5. The van der Waals surface area contributed by atoms with Gasteiger partial charge in [-0.05, 0) is 106 Å². The number of rotatable bonds is 0. The summed E-state index contributed by atoms with van der Waals surface area (Å²) < 4.78 is 13.3. The largest absolute Gasteiger partial charge is 0.393 e. The van der Waals surface area contributed by atoms with Crippen molar-refractivity contribution < 1.29 is 24.8 Å². The highest BCUT2D eigenvalue weighted by molar-refractivity contribution is 5.22. The molecule has 13 atom stereocenters. The van der Waals surface area contributed by atoms with Gasteiger partial charge in [0.1, 0.15) is 5.60 Å². The van der Waals surface area contributed by atoms with Crippen LogP contribution in [0.5, 0.6) is 0 Å². The van der Waals surface area contributed by atoms with E-state index in [2.05, 4.69) is 34.6 Å². The van der Waals surface area contributed by atoms with E-state index in [1.54, 1.807) is 0 Å². The lowest BCUT2D eigenvalue weighted by molar-refractivity contribution is -0.300. The van der Waals surface area contributed by atoms with Crippen molar-refractivity contribution >= 4 is 0 Å². The first-order valence-corrected chi connectivity index (χ1v) is 13.7. The van der Waals surface area contributed by atoms with Gasteiger partial charge in [-0.1, -0.05) is 20.8 Å². The predicted octanol–water partition coefficient (Wildman–Crippen LogP) is 4.27. The summed E-state index contributed by atoms with van der Waals surface area (Å²) in [5.41, 5.74) is -1.45. The highest BCUT2D eigenvalue weighted by Crippen LogP contribution is 2.72. The van der Waals surface area contributed by atoms with Gasteiger partial charge in [0.05, 0.1) is 23.9 Å². The van der Waals surface area contributed by atoms with E-state index >= 15 is 0 Å². The minimum atomic E-state index is -1.08. The molecule has 33 heavy (non-hydrogen) atoms. The molecule has 0 bridgehead atoms. The molecule has 0 aromatic heterocycles. The number of ether oxygens (including phenoxy) is 2. The second-order valence-electron chi connectivity index (χ2n) is 14.4. The van der Waals surface area contributed by atoms with Crippen LogP contribution in [0.25, 0.3) is 0 Å². The number of hydrogen-bond donors (Lipinski definition) is 3. The molecule has 4 saturated carbocycles. The molecule has 188 valence electrons. The quantitative estimate of drug-likeness (QED) is 0.501. The van der Waals surface area contributed by atoms with E-state index in [1.807, 2.05) is 6.92 Å².